The molecule has 0 spiro atoms. The molecule has 2 amide bonds. The highest BCUT2D eigenvalue weighted by molar-refractivity contribution is 5.98. The standard InChI is InChI=1S/C19H20N6O2/c1-3-17(26)25-10-14-15(25)9-24(14)16-7-6-13(18(20)27)19(23-16)22-12-5-4-11(2)21-8-12/h3-8,14-15H,1,9-10H2,2H3,(H2,20,27)(H,22,23)/t14?,15-/m1/s1. The molecule has 4 heterocycles. The number of hydrogen-bond acceptors (Lipinski definition) is 6. The SMILES string of the molecule is C=CC(=O)N1CC2[C@H]1CN2c1ccc(C(N)=O)c(Nc2ccc(C)nc2)n1. The van der Waals surface area contributed by atoms with Gasteiger partial charge < -0.3 is 20.9 Å². The minimum atomic E-state index is -0.551. The molecular weight excluding hydrogens is 344 g/mol. The van der Waals surface area contributed by atoms with Crippen LogP contribution >= 0.6 is 0 Å². The van der Waals surface area contributed by atoms with Gasteiger partial charge in [0, 0.05) is 18.8 Å². The summed E-state index contributed by atoms with van der Waals surface area (Å²) in [4.78, 5) is 36.3. The zero-order valence-corrected chi connectivity index (χ0v) is 14.9. The number of piperazine rings is 1. The lowest BCUT2D eigenvalue weighted by atomic mass is 9.85. The van der Waals surface area contributed by atoms with Gasteiger partial charge in [-0.2, -0.15) is 0 Å². The van der Waals surface area contributed by atoms with Crippen LogP contribution in [0.5, 0.6) is 0 Å². The fraction of sp³-hybridized carbons (Fsp3) is 0.263. The molecule has 3 N–H and O–H groups in total. The van der Waals surface area contributed by atoms with Gasteiger partial charge in [-0.05, 0) is 37.3 Å². The van der Waals surface area contributed by atoms with Crippen molar-refractivity contribution in [3.63, 3.8) is 0 Å². The van der Waals surface area contributed by atoms with Crippen molar-refractivity contribution in [1.29, 1.82) is 0 Å². The number of primary amides is 1. The maximum absolute atomic E-state index is 11.8. The van der Waals surface area contributed by atoms with E-state index in [-0.39, 0.29) is 18.0 Å². The third kappa shape index (κ3) is 2.88. The van der Waals surface area contributed by atoms with Crippen LogP contribution in [0.1, 0.15) is 16.1 Å². The van der Waals surface area contributed by atoms with Crippen LogP contribution in [0.25, 0.3) is 0 Å². The number of amides is 2. The van der Waals surface area contributed by atoms with Crippen molar-refractivity contribution in [2.45, 2.75) is 19.0 Å². The molecule has 2 atom stereocenters. The van der Waals surface area contributed by atoms with Crippen LogP contribution in [-0.4, -0.2) is 51.9 Å². The van der Waals surface area contributed by atoms with Crippen molar-refractivity contribution < 1.29 is 9.59 Å². The van der Waals surface area contributed by atoms with Gasteiger partial charge in [0.15, 0.2) is 0 Å². The predicted molar refractivity (Wildman–Crippen MR) is 102 cm³/mol. The molecule has 0 aromatic carbocycles. The lowest BCUT2D eigenvalue weighted by molar-refractivity contribution is -0.138. The number of pyridine rings is 2. The van der Waals surface area contributed by atoms with Crippen molar-refractivity contribution in [2.24, 2.45) is 5.73 Å². The monoisotopic (exact) mass is 364 g/mol. The molecule has 0 saturated carbocycles. The van der Waals surface area contributed by atoms with Gasteiger partial charge in [-0.1, -0.05) is 6.58 Å². The molecule has 2 aromatic heterocycles. The van der Waals surface area contributed by atoms with E-state index in [0.717, 1.165) is 17.2 Å². The summed E-state index contributed by atoms with van der Waals surface area (Å²) in [7, 11) is 0. The Morgan fingerprint density at radius 3 is 2.67 bits per heavy atom. The second-order valence-corrected chi connectivity index (χ2v) is 6.72. The molecule has 0 aliphatic carbocycles. The van der Waals surface area contributed by atoms with Crippen LogP contribution in [-0.2, 0) is 4.79 Å². The molecule has 2 aliphatic heterocycles. The molecule has 1 unspecified atom stereocenters. The number of nitrogens with two attached hydrogens (primary N) is 1. The Kier molecular flexibility index (Phi) is 4.02. The first-order valence-electron chi connectivity index (χ1n) is 8.68. The number of nitrogens with zero attached hydrogens (tertiary/aromatic N) is 4. The normalized spacial score (nSPS) is 20.2. The van der Waals surface area contributed by atoms with E-state index in [2.05, 4.69) is 26.8 Å². The molecule has 8 heteroatoms. The molecule has 138 valence electrons. The summed E-state index contributed by atoms with van der Waals surface area (Å²) in [5.41, 5.74) is 7.42. The van der Waals surface area contributed by atoms with Crippen LogP contribution in [0.2, 0.25) is 0 Å². The number of aryl methyl sites for hydroxylation is 1. The smallest absolute Gasteiger partial charge is 0.252 e. The average molecular weight is 364 g/mol. The topological polar surface area (TPSA) is 104 Å². The largest absolute Gasteiger partial charge is 0.365 e. The van der Waals surface area contributed by atoms with Crippen molar-refractivity contribution in [2.75, 3.05) is 23.3 Å². The second kappa shape index (κ2) is 6.39. The predicted octanol–water partition coefficient (Wildman–Crippen LogP) is 1.21. The number of hydrogen-bond donors (Lipinski definition) is 2. The Balaban J connectivity index is 1.55. The number of anilines is 3. The van der Waals surface area contributed by atoms with Crippen LogP contribution < -0.4 is 16.0 Å². The van der Waals surface area contributed by atoms with E-state index < -0.39 is 5.91 Å². The van der Waals surface area contributed by atoms with Crippen LogP contribution in [0.15, 0.2) is 43.1 Å². The van der Waals surface area contributed by atoms with E-state index in [1.54, 1.807) is 18.3 Å². The van der Waals surface area contributed by atoms with E-state index in [1.807, 2.05) is 24.0 Å². The number of rotatable bonds is 5. The molecule has 2 fully saturated rings. The van der Waals surface area contributed by atoms with Crippen LogP contribution in [0, 0.1) is 6.92 Å². The summed E-state index contributed by atoms with van der Waals surface area (Å²) in [6.45, 7) is 6.79. The fourth-order valence-corrected chi connectivity index (χ4v) is 3.47. The summed E-state index contributed by atoms with van der Waals surface area (Å²) in [5, 5.41) is 3.13. The molecule has 2 aliphatic rings. The van der Waals surface area contributed by atoms with Gasteiger partial charge in [0.05, 0.1) is 29.5 Å². The number of nitrogens with one attached hydrogen (secondary N) is 1. The van der Waals surface area contributed by atoms with E-state index >= 15 is 0 Å². The van der Waals surface area contributed by atoms with Crippen LogP contribution in [0.3, 0.4) is 0 Å². The number of aromatic nitrogens is 2. The first kappa shape index (κ1) is 17.0. The third-order valence-corrected chi connectivity index (χ3v) is 5.08. The second-order valence-electron chi connectivity index (χ2n) is 6.72. The molecule has 0 bridgehead atoms. The molecule has 4 rings (SSSR count). The molecule has 0 radical (unpaired) electrons. The number of fused-ring (bicyclic) bond motifs is 1. The maximum atomic E-state index is 11.8. The van der Waals surface area contributed by atoms with Crippen LogP contribution in [0.4, 0.5) is 17.3 Å². The highest BCUT2D eigenvalue weighted by Gasteiger charge is 2.53. The van der Waals surface area contributed by atoms with Crippen molar-refractivity contribution in [3.05, 3.63) is 54.4 Å². The summed E-state index contributed by atoms with van der Waals surface area (Å²) in [6, 6.07) is 7.64. The summed E-state index contributed by atoms with van der Waals surface area (Å²) in [6.07, 6.45) is 3.02. The quantitative estimate of drug-likeness (QED) is 0.773. The first-order valence-corrected chi connectivity index (χ1v) is 8.68. The summed E-state index contributed by atoms with van der Waals surface area (Å²) < 4.78 is 0. The lowest BCUT2D eigenvalue weighted by Crippen LogP contribution is -2.80. The van der Waals surface area contributed by atoms with E-state index in [1.165, 1.54) is 6.08 Å². The Hall–Kier alpha value is -3.42. The lowest BCUT2D eigenvalue weighted by Gasteiger charge is -2.62. The van der Waals surface area contributed by atoms with Gasteiger partial charge in [-0.3, -0.25) is 14.6 Å². The summed E-state index contributed by atoms with van der Waals surface area (Å²) in [5.74, 6) is 0.550. The highest BCUT2D eigenvalue weighted by Crippen LogP contribution is 2.37. The summed E-state index contributed by atoms with van der Waals surface area (Å²) >= 11 is 0. The number of carbonyl (C=O) groups excluding carboxylic acids is 2. The van der Waals surface area contributed by atoms with E-state index in [9.17, 15) is 9.59 Å². The van der Waals surface area contributed by atoms with Crippen molar-refractivity contribution in [3.8, 4) is 0 Å². The molecule has 2 saturated heterocycles. The van der Waals surface area contributed by atoms with Gasteiger partial charge >= 0.3 is 0 Å². The van der Waals surface area contributed by atoms with E-state index in [0.29, 0.717) is 24.5 Å². The average Bonchev–Trinajstić information content (AvgIpc) is 2.64. The maximum Gasteiger partial charge on any atom is 0.252 e. The molecule has 8 nitrogen and oxygen atoms in total. The number of likely N-dealkylation sites (tertiary alicyclic amines) is 1. The Labute approximate surface area is 156 Å². The molecule has 2 aromatic rings. The molecule has 27 heavy (non-hydrogen) atoms. The highest BCUT2D eigenvalue weighted by atomic mass is 16.2. The Morgan fingerprint density at radius 2 is 2.07 bits per heavy atom. The minimum absolute atomic E-state index is 0.0397. The Morgan fingerprint density at radius 1 is 1.26 bits per heavy atom. The Bertz CT molecular complexity index is 926. The van der Waals surface area contributed by atoms with Gasteiger partial charge in [0.25, 0.3) is 5.91 Å². The van der Waals surface area contributed by atoms with Crippen molar-refractivity contribution >= 4 is 29.1 Å². The third-order valence-electron chi connectivity index (χ3n) is 5.08. The van der Waals surface area contributed by atoms with Gasteiger partial charge in [0.1, 0.15) is 11.6 Å². The minimum Gasteiger partial charge on any atom is -0.365 e. The zero-order valence-electron chi connectivity index (χ0n) is 14.9. The van der Waals surface area contributed by atoms with E-state index in [4.69, 9.17) is 5.73 Å². The number of carbonyl (C=O) groups is 2. The van der Waals surface area contributed by atoms with Crippen molar-refractivity contribution in [1.82, 2.24) is 14.9 Å². The fourth-order valence-electron chi connectivity index (χ4n) is 3.47. The van der Waals surface area contributed by atoms with Gasteiger partial charge in [-0.15, -0.1) is 0 Å². The molecular formula is C19H20N6O2. The zero-order chi connectivity index (χ0) is 19.1. The van der Waals surface area contributed by atoms with Gasteiger partial charge in [0.2, 0.25) is 5.91 Å². The first-order chi connectivity index (χ1) is 13.0. The van der Waals surface area contributed by atoms with Gasteiger partial charge in [-0.25, -0.2) is 4.98 Å².